The Balaban J connectivity index is 2.26. The predicted octanol–water partition coefficient (Wildman–Crippen LogP) is 3.55. The van der Waals surface area contributed by atoms with Crippen LogP contribution in [0.5, 0.6) is 5.75 Å². The molecule has 0 bridgehead atoms. The topological polar surface area (TPSA) is 64.3 Å². The molecule has 19 heavy (non-hydrogen) atoms. The van der Waals surface area contributed by atoms with Gasteiger partial charge in [0.05, 0.1) is 17.8 Å². The highest BCUT2D eigenvalue weighted by molar-refractivity contribution is 7.13. The number of methoxy groups -OCH3 is 1. The molecule has 0 atom stereocenters. The summed E-state index contributed by atoms with van der Waals surface area (Å²) in [6, 6.07) is 5.04. The minimum atomic E-state index is -0.258. The zero-order chi connectivity index (χ0) is 14.0. The average Bonchev–Trinajstić information content (AvgIpc) is 2.72. The second kappa shape index (κ2) is 5.50. The summed E-state index contributed by atoms with van der Waals surface area (Å²) in [6.45, 7) is 1.86. The Morgan fingerprint density at radius 1 is 1.47 bits per heavy atom. The number of anilines is 2. The standard InChI is InChI=1S/C13H13ClN2O2S/c1-7-6-19-12(11(7)14)13(17)16-9-4-3-8(15)5-10(9)18-2/h3-6H,15H2,1-2H3,(H,16,17). The summed E-state index contributed by atoms with van der Waals surface area (Å²) in [5.41, 5.74) is 7.68. The molecule has 6 heteroatoms. The lowest BCUT2D eigenvalue weighted by Gasteiger charge is -2.10. The first-order valence-corrected chi connectivity index (χ1v) is 6.77. The molecule has 0 fully saturated rings. The largest absolute Gasteiger partial charge is 0.494 e. The number of ether oxygens (including phenoxy) is 1. The molecule has 1 heterocycles. The number of benzene rings is 1. The molecule has 2 rings (SSSR count). The van der Waals surface area contributed by atoms with Crippen LogP contribution >= 0.6 is 22.9 Å². The lowest BCUT2D eigenvalue weighted by atomic mass is 10.2. The number of aryl methyl sites for hydroxylation is 1. The Hall–Kier alpha value is -1.72. The Kier molecular flexibility index (Phi) is 3.97. The van der Waals surface area contributed by atoms with E-state index in [9.17, 15) is 4.79 Å². The maximum atomic E-state index is 12.1. The van der Waals surface area contributed by atoms with Crippen molar-refractivity contribution >= 4 is 40.2 Å². The van der Waals surface area contributed by atoms with Crippen molar-refractivity contribution in [3.63, 3.8) is 0 Å². The Morgan fingerprint density at radius 3 is 2.79 bits per heavy atom. The molecular weight excluding hydrogens is 284 g/mol. The minimum Gasteiger partial charge on any atom is -0.494 e. The number of halogens is 1. The van der Waals surface area contributed by atoms with Crippen LogP contribution in [-0.4, -0.2) is 13.0 Å². The number of rotatable bonds is 3. The van der Waals surface area contributed by atoms with Crippen LogP contribution in [0.15, 0.2) is 23.6 Å². The van der Waals surface area contributed by atoms with Crippen molar-refractivity contribution in [2.75, 3.05) is 18.2 Å². The molecule has 1 aromatic carbocycles. The Bertz CT molecular complexity index is 625. The number of amides is 1. The van der Waals surface area contributed by atoms with Gasteiger partial charge in [-0.3, -0.25) is 4.79 Å². The first kappa shape index (κ1) is 13.7. The van der Waals surface area contributed by atoms with E-state index in [1.165, 1.54) is 18.4 Å². The van der Waals surface area contributed by atoms with Gasteiger partial charge in [-0.1, -0.05) is 11.6 Å². The fourth-order valence-corrected chi connectivity index (χ4v) is 2.75. The van der Waals surface area contributed by atoms with Gasteiger partial charge in [-0.2, -0.15) is 0 Å². The van der Waals surface area contributed by atoms with E-state index in [1.54, 1.807) is 18.2 Å². The highest BCUT2D eigenvalue weighted by Gasteiger charge is 2.16. The number of nitrogens with two attached hydrogens (primary N) is 1. The zero-order valence-corrected chi connectivity index (χ0v) is 12.1. The summed E-state index contributed by atoms with van der Waals surface area (Å²) in [4.78, 5) is 12.6. The third-order valence-corrected chi connectivity index (χ3v) is 4.27. The number of nitrogens with one attached hydrogen (secondary N) is 1. The van der Waals surface area contributed by atoms with Gasteiger partial charge in [0.2, 0.25) is 0 Å². The van der Waals surface area contributed by atoms with Crippen LogP contribution in [0.25, 0.3) is 0 Å². The van der Waals surface area contributed by atoms with Crippen molar-refractivity contribution in [1.29, 1.82) is 0 Å². The molecule has 0 saturated carbocycles. The number of carbonyl (C=O) groups is 1. The molecule has 0 aliphatic rings. The van der Waals surface area contributed by atoms with E-state index >= 15 is 0 Å². The fourth-order valence-electron chi connectivity index (χ4n) is 1.57. The number of hydrogen-bond donors (Lipinski definition) is 2. The maximum absolute atomic E-state index is 12.1. The van der Waals surface area contributed by atoms with Crippen molar-refractivity contribution in [3.05, 3.63) is 39.0 Å². The van der Waals surface area contributed by atoms with E-state index in [1.807, 2.05) is 12.3 Å². The van der Waals surface area contributed by atoms with Gasteiger partial charge in [-0.15, -0.1) is 11.3 Å². The molecule has 100 valence electrons. The maximum Gasteiger partial charge on any atom is 0.267 e. The molecular formula is C13H13ClN2O2S. The van der Waals surface area contributed by atoms with Crippen LogP contribution in [0, 0.1) is 6.92 Å². The van der Waals surface area contributed by atoms with Crippen molar-refractivity contribution in [2.45, 2.75) is 6.92 Å². The summed E-state index contributed by atoms with van der Waals surface area (Å²) in [7, 11) is 1.52. The summed E-state index contributed by atoms with van der Waals surface area (Å²) >= 11 is 7.38. The molecule has 4 nitrogen and oxygen atoms in total. The van der Waals surface area contributed by atoms with Gasteiger partial charge in [-0.05, 0) is 30.0 Å². The zero-order valence-electron chi connectivity index (χ0n) is 10.5. The summed E-state index contributed by atoms with van der Waals surface area (Å²) in [5.74, 6) is 0.254. The second-order valence-corrected chi connectivity index (χ2v) is 5.23. The van der Waals surface area contributed by atoms with Crippen molar-refractivity contribution in [3.8, 4) is 5.75 Å². The summed E-state index contributed by atoms with van der Waals surface area (Å²) in [5, 5.41) is 5.09. The molecule has 0 radical (unpaired) electrons. The summed E-state index contributed by atoms with van der Waals surface area (Å²) in [6.07, 6.45) is 0. The van der Waals surface area contributed by atoms with Gasteiger partial charge < -0.3 is 15.8 Å². The van der Waals surface area contributed by atoms with E-state index in [0.717, 1.165) is 5.56 Å². The molecule has 3 N–H and O–H groups in total. The Labute approximate surface area is 120 Å². The SMILES string of the molecule is COc1cc(N)ccc1NC(=O)c1scc(C)c1Cl. The van der Waals surface area contributed by atoms with Crippen molar-refractivity contribution < 1.29 is 9.53 Å². The van der Waals surface area contributed by atoms with Crippen LogP contribution in [0.2, 0.25) is 5.02 Å². The van der Waals surface area contributed by atoms with Crippen molar-refractivity contribution in [1.82, 2.24) is 0 Å². The summed E-state index contributed by atoms with van der Waals surface area (Å²) < 4.78 is 5.17. The molecule has 0 unspecified atom stereocenters. The molecule has 0 aliphatic heterocycles. The van der Waals surface area contributed by atoms with Gasteiger partial charge in [0, 0.05) is 11.8 Å². The number of thiophene rings is 1. The van der Waals surface area contributed by atoms with Gasteiger partial charge >= 0.3 is 0 Å². The number of nitrogen functional groups attached to an aromatic ring is 1. The highest BCUT2D eigenvalue weighted by atomic mass is 35.5. The van der Waals surface area contributed by atoms with E-state index in [0.29, 0.717) is 27.0 Å². The van der Waals surface area contributed by atoms with E-state index in [-0.39, 0.29) is 5.91 Å². The molecule has 0 saturated heterocycles. The monoisotopic (exact) mass is 296 g/mol. The molecule has 0 spiro atoms. The third-order valence-electron chi connectivity index (χ3n) is 2.58. The van der Waals surface area contributed by atoms with Crippen LogP contribution in [0.3, 0.4) is 0 Å². The van der Waals surface area contributed by atoms with E-state index in [2.05, 4.69) is 5.32 Å². The van der Waals surface area contributed by atoms with Crippen molar-refractivity contribution in [2.24, 2.45) is 0 Å². The smallest absolute Gasteiger partial charge is 0.267 e. The van der Waals surface area contributed by atoms with E-state index in [4.69, 9.17) is 22.1 Å². The normalized spacial score (nSPS) is 10.3. The van der Waals surface area contributed by atoms with Crippen LogP contribution in [0.1, 0.15) is 15.2 Å². The number of hydrogen-bond acceptors (Lipinski definition) is 4. The minimum absolute atomic E-state index is 0.258. The average molecular weight is 297 g/mol. The lowest BCUT2D eigenvalue weighted by Crippen LogP contribution is -2.11. The molecule has 0 aliphatic carbocycles. The predicted molar refractivity (Wildman–Crippen MR) is 79.4 cm³/mol. The quantitative estimate of drug-likeness (QED) is 0.851. The van der Waals surface area contributed by atoms with E-state index < -0.39 is 0 Å². The third kappa shape index (κ3) is 2.83. The highest BCUT2D eigenvalue weighted by Crippen LogP contribution is 2.30. The first-order valence-electron chi connectivity index (χ1n) is 5.51. The number of carbonyl (C=O) groups excluding carboxylic acids is 1. The second-order valence-electron chi connectivity index (χ2n) is 3.98. The molecule has 1 aromatic heterocycles. The molecule has 2 aromatic rings. The Morgan fingerprint density at radius 2 is 2.21 bits per heavy atom. The lowest BCUT2D eigenvalue weighted by molar-refractivity contribution is 0.103. The molecule has 1 amide bonds. The van der Waals surface area contributed by atoms with Gasteiger partial charge in [-0.25, -0.2) is 0 Å². The van der Waals surface area contributed by atoms with Crippen LogP contribution < -0.4 is 15.8 Å². The van der Waals surface area contributed by atoms with Gasteiger partial charge in [0.15, 0.2) is 0 Å². The van der Waals surface area contributed by atoms with Crippen LogP contribution in [0.4, 0.5) is 11.4 Å². The van der Waals surface area contributed by atoms with Gasteiger partial charge in [0.25, 0.3) is 5.91 Å². The fraction of sp³-hybridized carbons (Fsp3) is 0.154. The van der Waals surface area contributed by atoms with Gasteiger partial charge in [0.1, 0.15) is 10.6 Å². The van der Waals surface area contributed by atoms with Crippen LogP contribution in [-0.2, 0) is 0 Å². The first-order chi connectivity index (χ1) is 9.02.